The second-order valence-electron chi connectivity index (χ2n) is 7.48. The number of thiophene rings is 1. The van der Waals surface area contributed by atoms with Gasteiger partial charge >= 0.3 is 5.97 Å². The number of ether oxygens (including phenoxy) is 2. The van der Waals surface area contributed by atoms with Crippen LogP contribution in [0.15, 0.2) is 22.9 Å². The summed E-state index contributed by atoms with van der Waals surface area (Å²) in [6.07, 6.45) is 2.32. The third-order valence-electron chi connectivity index (χ3n) is 5.37. The zero-order valence-electron chi connectivity index (χ0n) is 17.3. The summed E-state index contributed by atoms with van der Waals surface area (Å²) in [5.41, 5.74) is 4.10. The van der Waals surface area contributed by atoms with Gasteiger partial charge in [-0.2, -0.15) is 11.3 Å². The number of carbonyl (C=O) groups excluding carboxylic acids is 2. The summed E-state index contributed by atoms with van der Waals surface area (Å²) < 4.78 is 13.2. The minimum Gasteiger partial charge on any atom is -0.453 e. The van der Waals surface area contributed by atoms with Crippen LogP contribution in [-0.2, 0) is 16.0 Å². The Labute approximate surface area is 183 Å². The molecule has 4 heterocycles. The van der Waals surface area contributed by atoms with Gasteiger partial charge in [-0.15, -0.1) is 11.3 Å². The SMILES string of the molecule is Cc1nc(-c2ccsc2)sc1C(=O)OCC(=O)c1cc(C)n(C[C@H]2CCCO2)c1C. The van der Waals surface area contributed by atoms with E-state index < -0.39 is 5.97 Å². The maximum absolute atomic E-state index is 12.7. The molecule has 0 radical (unpaired) electrons. The summed E-state index contributed by atoms with van der Waals surface area (Å²) in [5.74, 6) is -0.705. The Bertz CT molecular complexity index is 1060. The Morgan fingerprint density at radius 1 is 1.33 bits per heavy atom. The van der Waals surface area contributed by atoms with E-state index in [0.29, 0.717) is 16.1 Å². The van der Waals surface area contributed by atoms with Crippen molar-refractivity contribution in [2.45, 2.75) is 46.3 Å². The molecule has 3 aromatic rings. The summed E-state index contributed by atoms with van der Waals surface area (Å²) in [7, 11) is 0. The minimum absolute atomic E-state index is 0.197. The van der Waals surface area contributed by atoms with Gasteiger partial charge < -0.3 is 14.0 Å². The first-order chi connectivity index (χ1) is 14.4. The smallest absolute Gasteiger partial charge is 0.350 e. The minimum atomic E-state index is -0.506. The van der Waals surface area contributed by atoms with E-state index in [0.717, 1.165) is 48.0 Å². The molecule has 0 aliphatic carbocycles. The van der Waals surface area contributed by atoms with Gasteiger partial charge in [-0.05, 0) is 51.1 Å². The Balaban J connectivity index is 1.42. The van der Waals surface area contributed by atoms with Crippen molar-refractivity contribution in [1.82, 2.24) is 9.55 Å². The fourth-order valence-corrected chi connectivity index (χ4v) is 5.40. The van der Waals surface area contributed by atoms with Crippen molar-refractivity contribution in [1.29, 1.82) is 0 Å². The second-order valence-corrected chi connectivity index (χ2v) is 9.25. The second kappa shape index (κ2) is 8.83. The molecule has 0 bridgehead atoms. The Morgan fingerprint density at radius 3 is 2.87 bits per heavy atom. The summed E-state index contributed by atoms with van der Waals surface area (Å²) in [6, 6.07) is 3.83. The van der Waals surface area contributed by atoms with E-state index in [2.05, 4.69) is 9.55 Å². The van der Waals surface area contributed by atoms with E-state index in [1.165, 1.54) is 11.3 Å². The summed E-state index contributed by atoms with van der Waals surface area (Å²) in [5, 5.41) is 4.74. The van der Waals surface area contributed by atoms with Gasteiger partial charge in [0.05, 0.1) is 11.8 Å². The fourth-order valence-electron chi connectivity index (χ4n) is 3.73. The highest BCUT2D eigenvalue weighted by Gasteiger charge is 2.23. The molecule has 3 aromatic heterocycles. The highest BCUT2D eigenvalue weighted by Crippen LogP contribution is 2.30. The lowest BCUT2D eigenvalue weighted by Gasteiger charge is -2.14. The quantitative estimate of drug-likeness (QED) is 0.386. The maximum Gasteiger partial charge on any atom is 0.350 e. The van der Waals surface area contributed by atoms with E-state index in [9.17, 15) is 9.59 Å². The van der Waals surface area contributed by atoms with Crippen LogP contribution in [0, 0.1) is 20.8 Å². The van der Waals surface area contributed by atoms with Crippen LogP contribution in [0.1, 0.15) is 50.0 Å². The van der Waals surface area contributed by atoms with Crippen molar-refractivity contribution >= 4 is 34.4 Å². The number of ketones is 1. The van der Waals surface area contributed by atoms with E-state index >= 15 is 0 Å². The first-order valence-electron chi connectivity index (χ1n) is 9.92. The predicted octanol–water partition coefficient (Wildman–Crippen LogP) is 4.82. The monoisotopic (exact) mass is 444 g/mol. The van der Waals surface area contributed by atoms with Crippen LogP contribution in [-0.4, -0.2) is 40.6 Å². The number of hydrogen-bond acceptors (Lipinski definition) is 7. The fraction of sp³-hybridized carbons (Fsp3) is 0.409. The summed E-state index contributed by atoms with van der Waals surface area (Å²) >= 11 is 2.87. The highest BCUT2D eigenvalue weighted by molar-refractivity contribution is 7.17. The van der Waals surface area contributed by atoms with Gasteiger partial charge in [-0.3, -0.25) is 4.79 Å². The van der Waals surface area contributed by atoms with Crippen LogP contribution in [0.2, 0.25) is 0 Å². The standard InChI is InChI=1S/C22H24N2O4S2/c1-13-9-18(15(3)24(13)10-17-5-4-7-27-17)19(25)11-28-22(26)20-14(2)23-21(30-20)16-6-8-29-12-16/h6,8-9,12,17H,4-5,7,10-11H2,1-3H3/t17-/m1/s1. The molecule has 8 heteroatoms. The molecule has 1 atom stereocenters. The van der Waals surface area contributed by atoms with E-state index in [-0.39, 0.29) is 18.5 Å². The molecule has 1 fully saturated rings. The first kappa shape index (κ1) is 21.0. The third-order valence-corrected chi connectivity index (χ3v) is 7.24. The third kappa shape index (κ3) is 4.26. The Kier molecular flexibility index (Phi) is 6.17. The van der Waals surface area contributed by atoms with Crippen molar-refractivity contribution in [2.75, 3.05) is 13.2 Å². The summed E-state index contributed by atoms with van der Waals surface area (Å²) in [6.45, 7) is 6.96. The van der Waals surface area contributed by atoms with Gasteiger partial charge in [0.25, 0.3) is 0 Å². The topological polar surface area (TPSA) is 70.4 Å². The van der Waals surface area contributed by atoms with Gasteiger partial charge in [0.15, 0.2) is 6.61 Å². The molecule has 0 spiro atoms. The molecule has 1 aliphatic rings. The molecular formula is C22H24N2O4S2. The normalized spacial score (nSPS) is 16.2. The molecule has 1 saturated heterocycles. The number of aromatic nitrogens is 2. The van der Waals surface area contributed by atoms with Crippen LogP contribution in [0.3, 0.4) is 0 Å². The van der Waals surface area contributed by atoms with Crippen molar-refractivity contribution in [3.8, 4) is 10.6 Å². The molecule has 30 heavy (non-hydrogen) atoms. The first-order valence-corrected chi connectivity index (χ1v) is 11.7. The molecule has 0 aromatic carbocycles. The van der Waals surface area contributed by atoms with Crippen LogP contribution < -0.4 is 0 Å². The molecule has 4 rings (SSSR count). The number of aryl methyl sites for hydroxylation is 2. The van der Waals surface area contributed by atoms with E-state index in [1.54, 1.807) is 18.3 Å². The van der Waals surface area contributed by atoms with Crippen molar-refractivity contribution in [3.05, 3.63) is 50.4 Å². The van der Waals surface area contributed by atoms with Crippen LogP contribution >= 0.6 is 22.7 Å². The van der Waals surface area contributed by atoms with Gasteiger partial charge in [-0.1, -0.05) is 0 Å². The molecule has 0 saturated carbocycles. The molecule has 1 aliphatic heterocycles. The van der Waals surface area contributed by atoms with Crippen LogP contribution in [0.25, 0.3) is 10.6 Å². The number of thiazole rings is 1. The summed E-state index contributed by atoms with van der Waals surface area (Å²) in [4.78, 5) is 30.2. The average Bonchev–Trinajstić information content (AvgIpc) is 3.51. The van der Waals surface area contributed by atoms with Crippen molar-refractivity contribution < 1.29 is 19.1 Å². The Morgan fingerprint density at radius 2 is 2.17 bits per heavy atom. The van der Waals surface area contributed by atoms with Gasteiger partial charge in [0, 0.05) is 41.0 Å². The number of esters is 1. The van der Waals surface area contributed by atoms with Gasteiger partial charge in [-0.25, -0.2) is 9.78 Å². The van der Waals surface area contributed by atoms with E-state index in [4.69, 9.17) is 9.47 Å². The van der Waals surface area contributed by atoms with Crippen LogP contribution in [0.4, 0.5) is 0 Å². The number of Topliss-reactive ketones (excluding diaryl/α,β-unsaturated/α-hetero) is 1. The van der Waals surface area contributed by atoms with Crippen LogP contribution in [0.5, 0.6) is 0 Å². The Hall–Kier alpha value is -2.29. The molecule has 158 valence electrons. The van der Waals surface area contributed by atoms with Crippen molar-refractivity contribution in [2.24, 2.45) is 0 Å². The lowest BCUT2D eigenvalue weighted by atomic mass is 10.1. The lowest BCUT2D eigenvalue weighted by molar-refractivity contribution is 0.0478. The zero-order chi connectivity index (χ0) is 21.3. The largest absolute Gasteiger partial charge is 0.453 e. The number of rotatable bonds is 7. The number of nitrogens with zero attached hydrogens (tertiary/aromatic N) is 2. The lowest BCUT2D eigenvalue weighted by Crippen LogP contribution is -2.18. The van der Waals surface area contributed by atoms with Gasteiger partial charge in [0.1, 0.15) is 9.88 Å². The molecule has 0 amide bonds. The van der Waals surface area contributed by atoms with E-state index in [1.807, 2.05) is 36.7 Å². The average molecular weight is 445 g/mol. The molecule has 0 N–H and O–H groups in total. The highest BCUT2D eigenvalue weighted by atomic mass is 32.1. The molecular weight excluding hydrogens is 420 g/mol. The predicted molar refractivity (Wildman–Crippen MR) is 118 cm³/mol. The van der Waals surface area contributed by atoms with Gasteiger partial charge in [0.2, 0.25) is 5.78 Å². The van der Waals surface area contributed by atoms with Crippen molar-refractivity contribution in [3.63, 3.8) is 0 Å². The maximum atomic E-state index is 12.7. The number of hydrogen-bond donors (Lipinski definition) is 0. The number of carbonyl (C=O) groups is 2. The zero-order valence-corrected chi connectivity index (χ0v) is 18.9. The molecule has 6 nitrogen and oxygen atoms in total. The molecule has 0 unspecified atom stereocenters.